The quantitative estimate of drug-likeness (QED) is 0.539. The predicted molar refractivity (Wildman–Crippen MR) is 137 cm³/mol. The maximum Gasteiger partial charge on any atom is 0.259 e. The minimum absolute atomic E-state index is 0.111. The largest absolute Gasteiger partial charge is 0.354 e. The first-order valence-electron chi connectivity index (χ1n) is 11.8. The van der Waals surface area contributed by atoms with Crippen LogP contribution in [0, 0.1) is 0 Å². The number of pyridine rings is 1. The van der Waals surface area contributed by atoms with Crippen molar-refractivity contribution in [1.29, 1.82) is 0 Å². The Bertz CT molecular complexity index is 1200. The van der Waals surface area contributed by atoms with Gasteiger partial charge in [0.15, 0.2) is 5.82 Å². The topological polar surface area (TPSA) is 63.1 Å². The number of anilines is 2. The van der Waals surface area contributed by atoms with E-state index in [-0.39, 0.29) is 17.1 Å². The Morgan fingerprint density at radius 1 is 1.12 bits per heavy atom. The van der Waals surface area contributed by atoms with Crippen molar-refractivity contribution in [3.05, 3.63) is 59.5 Å². The number of hydrogen-bond donors (Lipinski definition) is 1. The van der Waals surface area contributed by atoms with Crippen LogP contribution >= 0.6 is 9.24 Å². The molecular weight excluding hydrogens is 429 g/mol. The van der Waals surface area contributed by atoms with Gasteiger partial charge < -0.3 is 10.2 Å². The molecule has 0 radical (unpaired) electrons. The minimum atomic E-state index is -0.111. The third-order valence-electron chi connectivity index (χ3n) is 6.72. The van der Waals surface area contributed by atoms with Crippen molar-refractivity contribution >= 4 is 26.7 Å². The van der Waals surface area contributed by atoms with Gasteiger partial charge in [0.25, 0.3) is 5.91 Å². The second kappa shape index (κ2) is 8.57. The number of fused-ring (bicyclic) bond motifs is 4. The number of aromatic nitrogens is 3. The molecule has 7 heteroatoms. The summed E-state index contributed by atoms with van der Waals surface area (Å²) in [5.74, 6) is 0.735. The van der Waals surface area contributed by atoms with Crippen molar-refractivity contribution in [2.75, 3.05) is 23.3 Å². The average molecular weight is 462 g/mol. The summed E-state index contributed by atoms with van der Waals surface area (Å²) in [5.41, 5.74) is 5.80. The van der Waals surface area contributed by atoms with E-state index in [1.165, 1.54) is 5.56 Å². The van der Waals surface area contributed by atoms with Gasteiger partial charge >= 0.3 is 0 Å². The summed E-state index contributed by atoms with van der Waals surface area (Å²) in [5, 5.41) is 8.18. The first-order chi connectivity index (χ1) is 15.8. The van der Waals surface area contributed by atoms with Crippen molar-refractivity contribution in [2.24, 2.45) is 0 Å². The summed E-state index contributed by atoms with van der Waals surface area (Å²) in [6.45, 7) is 8.22. The molecule has 5 rings (SSSR count). The molecule has 2 atom stereocenters. The van der Waals surface area contributed by atoms with Crippen molar-refractivity contribution < 1.29 is 4.79 Å². The number of benzene rings is 1. The standard InChI is InChI=1S/C26H32N5OP/c1-17(2)31-15-21-22(29-31)10-6-8-18-7-4-5-9-19(18)20-11-13-27-24(23(20)28-25(21)32)30-14-12-26(3,33)16-30/h4-5,7,9,11,13,15,17H,6,8,10,12,14,16,33H2,1-3H3,(H,28,32). The highest BCUT2D eigenvalue weighted by atomic mass is 31.0. The summed E-state index contributed by atoms with van der Waals surface area (Å²) in [6.07, 6.45) is 7.48. The maximum absolute atomic E-state index is 13.6. The van der Waals surface area contributed by atoms with E-state index in [4.69, 9.17) is 10.1 Å². The van der Waals surface area contributed by atoms with Gasteiger partial charge in [-0.15, -0.1) is 9.24 Å². The Morgan fingerprint density at radius 3 is 2.70 bits per heavy atom. The van der Waals surface area contributed by atoms with Crippen LogP contribution in [0.25, 0.3) is 11.1 Å². The number of nitrogens with one attached hydrogen (secondary N) is 1. The molecule has 2 aliphatic rings. The molecule has 33 heavy (non-hydrogen) atoms. The molecule has 1 saturated heterocycles. The van der Waals surface area contributed by atoms with Crippen LogP contribution in [0.4, 0.5) is 11.5 Å². The fourth-order valence-corrected chi connectivity index (χ4v) is 5.25. The van der Waals surface area contributed by atoms with Crippen LogP contribution in [-0.2, 0) is 12.8 Å². The molecule has 6 nitrogen and oxygen atoms in total. The Kier molecular flexibility index (Phi) is 5.74. The van der Waals surface area contributed by atoms with Crippen molar-refractivity contribution in [2.45, 2.75) is 57.7 Å². The van der Waals surface area contributed by atoms with Crippen LogP contribution in [0.15, 0.2) is 42.7 Å². The molecule has 1 amide bonds. The summed E-state index contributed by atoms with van der Waals surface area (Å²) >= 11 is 0. The Labute approximate surface area is 198 Å². The van der Waals surface area contributed by atoms with E-state index in [1.807, 2.05) is 23.1 Å². The summed E-state index contributed by atoms with van der Waals surface area (Å²) < 4.78 is 1.90. The minimum Gasteiger partial charge on any atom is -0.354 e. The highest BCUT2D eigenvalue weighted by Gasteiger charge is 2.33. The molecule has 1 fully saturated rings. The monoisotopic (exact) mass is 461 g/mol. The van der Waals surface area contributed by atoms with E-state index in [0.29, 0.717) is 5.56 Å². The zero-order valence-corrected chi connectivity index (χ0v) is 20.8. The fraction of sp³-hybridized carbons (Fsp3) is 0.423. The first-order valence-corrected chi connectivity index (χ1v) is 12.4. The van der Waals surface area contributed by atoms with Gasteiger partial charge in [0, 0.05) is 42.2 Å². The zero-order valence-electron chi connectivity index (χ0n) is 19.6. The number of aryl methyl sites for hydroxylation is 2. The summed E-state index contributed by atoms with van der Waals surface area (Å²) in [4.78, 5) is 20.7. The molecule has 4 heterocycles. The predicted octanol–water partition coefficient (Wildman–Crippen LogP) is 5.11. The van der Waals surface area contributed by atoms with E-state index in [0.717, 1.165) is 67.1 Å². The molecule has 3 aromatic rings. The molecule has 0 spiro atoms. The van der Waals surface area contributed by atoms with Crippen LogP contribution in [-0.4, -0.2) is 38.9 Å². The molecule has 172 valence electrons. The number of carbonyl (C=O) groups is 1. The fourth-order valence-electron chi connectivity index (χ4n) is 4.90. The van der Waals surface area contributed by atoms with Crippen LogP contribution in [0.2, 0.25) is 0 Å². The average Bonchev–Trinajstić information content (AvgIpc) is 3.37. The number of carbonyl (C=O) groups excluding carboxylic acids is 1. The SMILES string of the molecule is CC(C)n1cc2c(n1)CCCc1ccccc1-c1ccnc(N3CCC(C)(P)C3)c1NC2=O. The smallest absolute Gasteiger partial charge is 0.259 e. The molecule has 0 bridgehead atoms. The molecule has 2 aliphatic heterocycles. The Balaban J connectivity index is 1.67. The highest BCUT2D eigenvalue weighted by Crippen LogP contribution is 2.41. The van der Waals surface area contributed by atoms with Gasteiger partial charge in [0.2, 0.25) is 0 Å². The second-order valence-corrected chi connectivity index (χ2v) is 11.3. The number of hydrogen-bond acceptors (Lipinski definition) is 4. The number of nitrogens with zero attached hydrogens (tertiary/aromatic N) is 4. The van der Waals surface area contributed by atoms with E-state index in [9.17, 15) is 4.79 Å². The lowest BCUT2D eigenvalue weighted by Gasteiger charge is -2.25. The van der Waals surface area contributed by atoms with Gasteiger partial charge in [-0.25, -0.2) is 4.98 Å². The van der Waals surface area contributed by atoms with Gasteiger partial charge in [-0.2, -0.15) is 5.10 Å². The molecule has 0 aliphatic carbocycles. The number of rotatable bonds is 2. The van der Waals surface area contributed by atoms with Crippen molar-refractivity contribution in [1.82, 2.24) is 14.8 Å². The lowest BCUT2D eigenvalue weighted by Crippen LogP contribution is -2.27. The van der Waals surface area contributed by atoms with Crippen molar-refractivity contribution in [3.8, 4) is 11.1 Å². The normalized spacial score (nSPS) is 20.6. The van der Waals surface area contributed by atoms with Crippen molar-refractivity contribution in [3.63, 3.8) is 0 Å². The second-order valence-electron chi connectivity index (χ2n) is 9.91. The number of amides is 1. The third kappa shape index (κ3) is 4.29. The van der Waals surface area contributed by atoms with Crippen LogP contribution < -0.4 is 10.2 Å². The molecule has 1 N–H and O–H groups in total. The van der Waals surface area contributed by atoms with Gasteiger partial charge in [-0.3, -0.25) is 9.48 Å². The van der Waals surface area contributed by atoms with Gasteiger partial charge in [0.05, 0.1) is 16.9 Å². The third-order valence-corrected chi connectivity index (χ3v) is 7.19. The molecule has 2 unspecified atom stereocenters. The van der Waals surface area contributed by atoms with Crippen LogP contribution in [0.5, 0.6) is 0 Å². The maximum atomic E-state index is 13.6. The van der Waals surface area contributed by atoms with E-state index >= 15 is 0 Å². The van der Waals surface area contributed by atoms with Gasteiger partial charge in [-0.05, 0) is 56.7 Å². The first kappa shape index (κ1) is 22.1. The zero-order chi connectivity index (χ0) is 23.2. The van der Waals surface area contributed by atoms with E-state index < -0.39 is 0 Å². The summed E-state index contributed by atoms with van der Waals surface area (Å²) in [6, 6.07) is 10.8. The van der Waals surface area contributed by atoms with E-state index in [1.54, 1.807) is 0 Å². The lowest BCUT2D eigenvalue weighted by atomic mass is 9.95. The Morgan fingerprint density at radius 2 is 1.94 bits per heavy atom. The van der Waals surface area contributed by atoms with Crippen LogP contribution in [0.1, 0.15) is 61.3 Å². The summed E-state index contributed by atoms with van der Waals surface area (Å²) in [7, 11) is 2.98. The highest BCUT2D eigenvalue weighted by molar-refractivity contribution is 7.19. The van der Waals surface area contributed by atoms with Gasteiger partial charge in [-0.1, -0.05) is 31.2 Å². The molecule has 2 aromatic heterocycles. The van der Waals surface area contributed by atoms with Gasteiger partial charge in [0.1, 0.15) is 0 Å². The van der Waals surface area contributed by atoms with Crippen LogP contribution in [0.3, 0.4) is 0 Å². The Hall–Kier alpha value is -2.72. The molecular formula is C26H32N5OP. The molecule has 1 aromatic carbocycles. The van der Waals surface area contributed by atoms with E-state index in [2.05, 4.69) is 64.5 Å². The molecule has 0 saturated carbocycles. The lowest BCUT2D eigenvalue weighted by molar-refractivity contribution is 0.102.